The normalized spacial score (nSPS) is 21.4. The first-order valence-corrected chi connectivity index (χ1v) is 19.6. The second-order valence-electron chi connectivity index (χ2n) is 9.09. The van der Waals surface area contributed by atoms with Gasteiger partial charge >= 0.3 is 11.9 Å². The summed E-state index contributed by atoms with van der Waals surface area (Å²) in [4.78, 5) is 23.6. The van der Waals surface area contributed by atoms with E-state index in [1.165, 1.54) is 17.9 Å². The molecule has 2 aliphatic rings. The Morgan fingerprint density at radius 3 is 2.30 bits per heavy atom. The Bertz CT molecular complexity index is 980. The third kappa shape index (κ3) is 13.1. The Kier molecular flexibility index (Phi) is 15.9. The van der Waals surface area contributed by atoms with Crippen LogP contribution in [0.3, 0.4) is 0 Å². The van der Waals surface area contributed by atoms with E-state index in [1.807, 2.05) is 78.2 Å². The molecule has 0 aromatic heterocycles. The minimum atomic E-state index is -0.833. The molecule has 0 spiro atoms. The van der Waals surface area contributed by atoms with E-state index < -0.39 is 4.93 Å². The molecule has 1 aromatic rings. The van der Waals surface area contributed by atoms with Crippen molar-refractivity contribution in [2.75, 3.05) is 52.1 Å². The SMILES string of the molecule is CC=CC(=O)OC(COc1cccc(OCC(C)(OC(=O)C=CC)SCC2CSCS2)c1)CSCC1CSCS1. The van der Waals surface area contributed by atoms with Crippen molar-refractivity contribution in [3.63, 3.8) is 0 Å². The van der Waals surface area contributed by atoms with Crippen LogP contribution in [-0.4, -0.2) is 85.6 Å². The molecule has 12 heteroatoms. The molecular formula is C28H38O6S6. The molecular weight excluding hydrogens is 625 g/mol. The van der Waals surface area contributed by atoms with Crippen molar-refractivity contribution < 1.29 is 28.5 Å². The van der Waals surface area contributed by atoms with E-state index in [4.69, 9.17) is 18.9 Å². The van der Waals surface area contributed by atoms with Crippen LogP contribution in [0.15, 0.2) is 48.6 Å². The minimum absolute atomic E-state index is 0.201. The van der Waals surface area contributed by atoms with Crippen LogP contribution >= 0.6 is 70.6 Å². The van der Waals surface area contributed by atoms with Gasteiger partial charge in [0, 0.05) is 67.7 Å². The number of carbonyl (C=O) groups is 2. The zero-order valence-electron chi connectivity index (χ0n) is 23.1. The highest BCUT2D eigenvalue weighted by atomic mass is 32.2. The molecule has 1 aromatic carbocycles. The summed E-state index contributed by atoms with van der Waals surface area (Å²) in [5.41, 5.74) is 0. The Morgan fingerprint density at radius 1 is 1.00 bits per heavy atom. The lowest BCUT2D eigenvalue weighted by atomic mass is 10.3. The van der Waals surface area contributed by atoms with Crippen LogP contribution in [0.4, 0.5) is 0 Å². The van der Waals surface area contributed by atoms with Crippen LogP contribution < -0.4 is 9.47 Å². The van der Waals surface area contributed by atoms with Crippen LogP contribution in [0.25, 0.3) is 0 Å². The average molecular weight is 663 g/mol. The van der Waals surface area contributed by atoms with Gasteiger partial charge in [0.15, 0.2) is 4.93 Å². The monoisotopic (exact) mass is 662 g/mol. The Labute approximate surface area is 264 Å². The largest absolute Gasteiger partial charge is 0.490 e. The molecule has 0 radical (unpaired) electrons. The van der Waals surface area contributed by atoms with Gasteiger partial charge in [-0.3, -0.25) is 0 Å². The number of rotatable bonds is 17. The fourth-order valence-corrected chi connectivity index (χ4v) is 12.2. The summed E-state index contributed by atoms with van der Waals surface area (Å²) in [6, 6.07) is 7.38. The second-order valence-corrected chi connectivity index (χ2v) is 17.0. The third-order valence-electron chi connectivity index (χ3n) is 5.51. The van der Waals surface area contributed by atoms with E-state index in [0.29, 0.717) is 27.8 Å². The van der Waals surface area contributed by atoms with Gasteiger partial charge < -0.3 is 18.9 Å². The van der Waals surface area contributed by atoms with Crippen molar-refractivity contribution in [3.8, 4) is 11.5 Å². The summed E-state index contributed by atoms with van der Waals surface area (Å²) in [7, 11) is 0. The van der Waals surface area contributed by atoms with E-state index >= 15 is 0 Å². The van der Waals surface area contributed by atoms with Crippen molar-refractivity contribution >= 4 is 82.5 Å². The zero-order valence-corrected chi connectivity index (χ0v) is 28.0. The summed E-state index contributed by atoms with van der Waals surface area (Å²) in [5, 5.41) is 3.45. The van der Waals surface area contributed by atoms with Gasteiger partial charge in [0.1, 0.15) is 30.8 Å². The molecule has 4 atom stereocenters. The van der Waals surface area contributed by atoms with E-state index in [1.54, 1.807) is 49.5 Å². The van der Waals surface area contributed by atoms with Gasteiger partial charge in [0.25, 0.3) is 0 Å². The molecule has 0 aliphatic carbocycles. The van der Waals surface area contributed by atoms with Crippen LogP contribution in [0.2, 0.25) is 0 Å². The Hall–Kier alpha value is -0.660. The van der Waals surface area contributed by atoms with Gasteiger partial charge in [-0.15, -0.1) is 58.8 Å². The molecule has 2 saturated heterocycles. The molecule has 40 heavy (non-hydrogen) atoms. The number of esters is 2. The Balaban J connectivity index is 1.55. The van der Waals surface area contributed by atoms with Gasteiger partial charge in [-0.05, 0) is 32.9 Å². The number of hydrogen-bond donors (Lipinski definition) is 0. The van der Waals surface area contributed by atoms with E-state index in [-0.39, 0.29) is 31.3 Å². The quantitative estimate of drug-likeness (QED) is 0.0996. The molecule has 0 N–H and O–H groups in total. The van der Waals surface area contributed by atoms with E-state index in [2.05, 4.69) is 0 Å². The van der Waals surface area contributed by atoms with E-state index in [9.17, 15) is 9.59 Å². The van der Waals surface area contributed by atoms with Crippen molar-refractivity contribution in [2.24, 2.45) is 0 Å². The standard InChI is InChI=1S/C28H38O6S6/c1-4-7-26(29)33-23(13-35-14-24-15-36-19-38-24)12-31-21-9-6-10-22(11-21)32-18-28(3,34-27(30)8-5-2)40-17-25-16-37-20-39-25/h4-11,23-25H,12-20H2,1-3H3. The Morgan fingerprint density at radius 2 is 1.65 bits per heavy atom. The zero-order chi connectivity index (χ0) is 28.6. The summed E-state index contributed by atoms with van der Waals surface area (Å²) >= 11 is 11.3. The predicted molar refractivity (Wildman–Crippen MR) is 179 cm³/mol. The number of carbonyl (C=O) groups excluding carboxylic acids is 2. The highest BCUT2D eigenvalue weighted by molar-refractivity contribution is 8.20. The molecule has 0 bridgehead atoms. The van der Waals surface area contributed by atoms with Crippen molar-refractivity contribution in [1.29, 1.82) is 0 Å². The summed E-state index contributed by atoms with van der Waals surface area (Å²) in [6.45, 7) is 5.93. The summed E-state index contributed by atoms with van der Waals surface area (Å²) in [5.74, 6) is 5.37. The van der Waals surface area contributed by atoms with Crippen molar-refractivity contribution in [3.05, 3.63) is 48.6 Å². The average Bonchev–Trinajstić information content (AvgIpc) is 3.65. The maximum Gasteiger partial charge on any atom is 0.331 e. The number of benzene rings is 1. The van der Waals surface area contributed by atoms with Crippen molar-refractivity contribution in [1.82, 2.24) is 0 Å². The number of allylic oxidation sites excluding steroid dienone is 2. The molecule has 2 aliphatic heterocycles. The van der Waals surface area contributed by atoms with Gasteiger partial charge in [0.05, 0.1) is 0 Å². The highest BCUT2D eigenvalue weighted by Crippen LogP contribution is 2.37. The smallest absolute Gasteiger partial charge is 0.331 e. The van der Waals surface area contributed by atoms with Crippen molar-refractivity contribution in [2.45, 2.75) is 42.3 Å². The molecule has 222 valence electrons. The highest BCUT2D eigenvalue weighted by Gasteiger charge is 2.32. The maximum absolute atomic E-state index is 12.3. The summed E-state index contributed by atoms with van der Waals surface area (Å²) in [6.07, 6.45) is 5.84. The molecule has 2 fully saturated rings. The molecule has 3 rings (SSSR count). The lowest BCUT2D eigenvalue weighted by Gasteiger charge is -2.29. The van der Waals surface area contributed by atoms with Crippen LogP contribution in [0, 0.1) is 0 Å². The topological polar surface area (TPSA) is 71.1 Å². The van der Waals surface area contributed by atoms with Crippen LogP contribution in [0.1, 0.15) is 20.8 Å². The minimum Gasteiger partial charge on any atom is -0.490 e. The first kappa shape index (κ1) is 33.8. The number of ether oxygens (including phenoxy) is 4. The number of hydrogen-bond acceptors (Lipinski definition) is 12. The fourth-order valence-electron chi connectivity index (χ4n) is 3.53. The number of thioether (sulfide) groups is 6. The van der Waals surface area contributed by atoms with Gasteiger partial charge in [-0.1, -0.05) is 18.2 Å². The lowest BCUT2D eigenvalue weighted by Crippen LogP contribution is -2.35. The second kappa shape index (κ2) is 18.8. The molecule has 6 nitrogen and oxygen atoms in total. The lowest BCUT2D eigenvalue weighted by molar-refractivity contribution is -0.146. The third-order valence-corrected chi connectivity index (χ3v) is 14.3. The van der Waals surface area contributed by atoms with Gasteiger partial charge in [0.2, 0.25) is 0 Å². The summed E-state index contributed by atoms with van der Waals surface area (Å²) < 4.78 is 23.6. The van der Waals surface area contributed by atoms with Crippen LogP contribution in [-0.2, 0) is 19.1 Å². The first-order chi connectivity index (χ1) is 19.4. The van der Waals surface area contributed by atoms with Gasteiger partial charge in [-0.25, -0.2) is 9.59 Å². The molecule has 2 heterocycles. The molecule has 0 amide bonds. The van der Waals surface area contributed by atoms with Gasteiger partial charge in [-0.2, -0.15) is 11.8 Å². The maximum atomic E-state index is 12.3. The predicted octanol–water partition coefficient (Wildman–Crippen LogP) is 6.85. The van der Waals surface area contributed by atoms with Crippen LogP contribution in [0.5, 0.6) is 11.5 Å². The first-order valence-electron chi connectivity index (χ1n) is 13.0. The molecule has 4 unspecified atom stereocenters. The molecule has 0 saturated carbocycles. The fraction of sp³-hybridized carbons (Fsp3) is 0.571. The van der Waals surface area contributed by atoms with E-state index in [0.717, 1.165) is 27.4 Å².